The minimum atomic E-state index is -0.663. The van der Waals surface area contributed by atoms with Gasteiger partial charge in [-0.15, -0.1) is 0 Å². The van der Waals surface area contributed by atoms with E-state index in [9.17, 15) is 8.78 Å². The maximum absolute atomic E-state index is 13.4. The molecule has 110 valence electrons. The number of ether oxygens (including phenoxy) is 2. The van der Waals surface area contributed by atoms with E-state index in [4.69, 9.17) is 9.47 Å². The normalized spacial score (nSPS) is 20.9. The first-order valence-electron chi connectivity index (χ1n) is 6.98. The average Bonchev–Trinajstić information content (AvgIpc) is 2.44. The van der Waals surface area contributed by atoms with Gasteiger partial charge in [0, 0.05) is 18.9 Å². The first-order valence-corrected chi connectivity index (χ1v) is 6.98. The Bertz CT molecular complexity index is 595. The molecule has 1 fully saturated rings. The summed E-state index contributed by atoms with van der Waals surface area (Å²) in [5.41, 5.74) is 1.13. The molecule has 0 aromatic heterocycles. The summed E-state index contributed by atoms with van der Waals surface area (Å²) >= 11 is 0. The Morgan fingerprint density at radius 3 is 2.43 bits per heavy atom. The third-order valence-electron chi connectivity index (χ3n) is 3.57. The van der Waals surface area contributed by atoms with Gasteiger partial charge < -0.3 is 9.47 Å². The van der Waals surface area contributed by atoms with Crippen LogP contribution in [0.5, 0.6) is 5.75 Å². The fraction of sp³-hybridized carbons (Fsp3) is 0.294. The summed E-state index contributed by atoms with van der Waals surface area (Å²) in [5.74, 6) is -1.16. The van der Waals surface area contributed by atoms with Crippen LogP contribution >= 0.6 is 0 Å². The lowest BCUT2D eigenvalue weighted by atomic mass is 9.92. The first-order chi connectivity index (χ1) is 10.2. The highest BCUT2D eigenvalue weighted by molar-refractivity contribution is 5.25. The first kappa shape index (κ1) is 14.0. The number of halogens is 2. The molecule has 1 aliphatic carbocycles. The van der Waals surface area contributed by atoms with Gasteiger partial charge in [-0.1, -0.05) is 30.3 Å². The van der Waals surface area contributed by atoms with Crippen molar-refractivity contribution in [1.29, 1.82) is 0 Å². The van der Waals surface area contributed by atoms with Crippen molar-refractivity contribution in [2.24, 2.45) is 0 Å². The van der Waals surface area contributed by atoms with E-state index >= 15 is 0 Å². The maximum Gasteiger partial charge on any atom is 0.167 e. The summed E-state index contributed by atoms with van der Waals surface area (Å²) in [6.45, 7) is 0.573. The van der Waals surface area contributed by atoms with Crippen LogP contribution in [0.25, 0.3) is 0 Å². The van der Waals surface area contributed by atoms with Crippen molar-refractivity contribution < 1.29 is 18.3 Å². The second kappa shape index (κ2) is 6.22. The van der Waals surface area contributed by atoms with Gasteiger partial charge in [-0.2, -0.15) is 0 Å². The van der Waals surface area contributed by atoms with E-state index in [-0.39, 0.29) is 18.0 Å². The fourth-order valence-corrected chi connectivity index (χ4v) is 2.29. The highest BCUT2D eigenvalue weighted by Crippen LogP contribution is 2.30. The van der Waals surface area contributed by atoms with Crippen LogP contribution in [-0.4, -0.2) is 12.2 Å². The van der Waals surface area contributed by atoms with Crippen LogP contribution in [-0.2, 0) is 11.3 Å². The summed E-state index contributed by atoms with van der Waals surface area (Å²) in [6.07, 6.45) is 1.53. The lowest BCUT2D eigenvalue weighted by molar-refractivity contribution is -0.0692. The molecule has 0 bridgehead atoms. The van der Waals surface area contributed by atoms with Crippen LogP contribution in [0.1, 0.15) is 18.4 Å². The van der Waals surface area contributed by atoms with E-state index in [2.05, 4.69) is 0 Å². The van der Waals surface area contributed by atoms with E-state index < -0.39 is 11.6 Å². The lowest BCUT2D eigenvalue weighted by Gasteiger charge is -2.35. The highest BCUT2D eigenvalue weighted by atomic mass is 19.1. The van der Waals surface area contributed by atoms with Crippen LogP contribution in [0.2, 0.25) is 0 Å². The SMILES string of the molecule is Fc1ccc(OC2CC(OCc3ccccc3)C2)c(F)c1. The molecule has 2 aromatic carbocycles. The van der Waals surface area contributed by atoms with Gasteiger partial charge in [0.25, 0.3) is 0 Å². The van der Waals surface area contributed by atoms with Crippen LogP contribution in [0.3, 0.4) is 0 Å². The van der Waals surface area contributed by atoms with Gasteiger partial charge in [0.2, 0.25) is 0 Å². The van der Waals surface area contributed by atoms with Crippen molar-refractivity contribution in [3.63, 3.8) is 0 Å². The molecule has 2 aromatic rings. The summed E-state index contributed by atoms with van der Waals surface area (Å²) in [6, 6.07) is 13.3. The Morgan fingerprint density at radius 2 is 1.71 bits per heavy atom. The van der Waals surface area contributed by atoms with E-state index in [0.29, 0.717) is 6.61 Å². The van der Waals surface area contributed by atoms with Crippen molar-refractivity contribution >= 4 is 0 Å². The van der Waals surface area contributed by atoms with E-state index in [1.54, 1.807) is 0 Å². The van der Waals surface area contributed by atoms with Gasteiger partial charge in [0.1, 0.15) is 11.9 Å². The molecule has 2 nitrogen and oxygen atoms in total. The molecular weight excluding hydrogens is 274 g/mol. The van der Waals surface area contributed by atoms with Gasteiger partial charge in [-0.3, -0.25) is 0 Å². The zero-order chi connectivity index (χ0) is 14.7. The van der Waals surface area contributed by atoms with Crippen LogP contribution in [0.4, 0.5) is 8.78 Å². The molecule has 0 saturated heterocycles. The minimum Gasteiger partial charge on any atom is -0.487 e. The van der Waals surface area contributed by atoms with Crippen molar-refractivity contribution in [2.45, 2.75) is 31.7 Å². The van der Waals surface area contributed by atoms with Crippen LogP contribution in [0.15, 0.2) is 48.5 Å². The standard InChI is InChI=1S/C17H16F2O2/c18-13-6-7-17(16(19)8-13)21-15-9-14(10-15)20-11-12-4-2-1-3-5-12/h1-8,14-15H,9-11H2. The van der Waals surface area contributed by atoms with Crippen molar-refractivity contribution in [3.8, 4) is 5.75 Å². The molecule has 0 atom stereocenters. The van der Waals surface area contributed by atoms with Gasteiger partial charge >= 0.3 is 0 Å². The molecule has 0 heterocycles. The molecular formula is C17H16F2O2. The lowest BCUT2D eigenvalue weighted by Crippen LogP contribution is -2.39. The Morgan fingerprint density at radius 1 is 0.952 bits per heavy atom. The van der Waals surface area contributed by atoms with Gasteiger partial charge in [-0.05, 0) is 17.7 Å². The predicted octanol–water partition coefficient (Wildman–Crippen LogP) is 4.09. The molecule has 0 unspecified atom stereocenters. The van der Waals surface area contributed by atoms with Crippen LogP contribution < -0.4 is 4.74 Å². The van der Waals surface area contributed by atoms with Gasteiger partial charge in [-0.25, -0.2) is 8.78 Å². The van der Waals surface area contributed by atoms with Crippen LogP contribution in [0, 0.1) is 11.6 Å². The zero-order valence-corrected chi connectivity index (χ0v) is 11.5. The Balaban J connectivity index is 1.43. The topological polar surface area (TPSA) is 18.5 Å². The molecule has 0 N–H and O–H groups in total. The zero-order valence-electron chi connectivity index (χ0n) is 11.5. The minimum absolute atomic E-state index is 0.0641. The molecule has 1 aliphatic rings. The van der Waals surface area contributed by atoms with E-state index in [0.717, 1.165) is 24.5 Å². The van der Waals surface area contributed by atoms with Gasteiger partial charge in [0.05, 0.1) is 12.7 Å². The number of hydrogen-bond acceptors (Lipinski definition) is 2. The predicted molar refractivity (Wildman–Crippen MR) is 75.0 cm³/mol. The molecule has 3 rings (SSSR count). The Kier molecular flexibility index (Phi) is 4.15. The molecule has 4 heteroatoms. The third kappa shape index (κ3) is 3.58. The monoisotopic (exact) mass is 290 g/mol. The molecule has 1 saturated carbocycles. The average molecular weight is 290 g/mol. The summed E-state index contributed by atoms with van der Waals surface area (Å²) in [5, 5.41) is 0. The number of hydrogen-bond donors (Lipinski definition) is 0. The smallest absolute Gasteiger partial charge is 0.167 e. The van der Waals surface area contributed by atoms with Gasteiger partial charge in [0.15, 0.2) is 11.6 Å². The van der Waals surface area contributed by atoms with Crippen molar-refractivity contribution in [2.75, 3.05) is 0 Å². The molecule has 21 heavy (non-hydrogen) atoms. The highest BCUT2D eigenvalue weighted by Gasteiger charge is 2.32. The van der Waals surface area contributed by atoms with E-state index in [1.807, 2.05) is 30.3 Å². The largest absolute Gasteiger partial charge is 0.487 e. The Hall–Kier alpha value is -1.94. The van der Waals surface area contributed by atoms with Crippen molar-refractivity contribution in [1.82, 2.24) is 0 Å². The molecule has 0 radical (unpaired) electrons. The number of benzene rings is 2. The second-order valence-electron chi connectivity index (χ2n) is 5.20. The quantitative estimate of drug-likeness (QED) is 0.825. The molecule has 0 aliphatic heterocycles. The molecule has 0 amide bonds. The third-order valence-corrected chi connectivity index (χ3v) is 3.57. The maximum atomic E-state index is 13.4. The Labute approximate surface area is 122 Å². The summed E-state index contributed by atoms with van der Waals surface area (Å²) in [7, 11) is 0. The second-order valence-corrected chi connectivity index (χ2v) is 5.20. The number of rotatable bonds is 5. The van der Waals surface area contributed by atoms with Crippen molar-refractivity contribution in [3.05, 3.63) is 65.7 Å². The molecule has 0 spiro atoms. The summed E-state index contributed by atoms with van der Waals surface area (Å²) < 4.78 is 37.5. The van der Waals surface area contributed by atoms with E-state index in [1.165, 1.54) is 12.1 Å². The fourth-order valence-electron chi connectivity index (χ4n) is 2.29. The summed E-state index contributed by atoms with van der Waals surface area (Å²) in [4.78, 5) is 0.